The van der Waals surface area contributed by atoms with E-state index in [2.05, 4.69) is 27.0 Å². The van der Waals surface area contributed by atoms with E-state index >= 15 is 0 Å². The summed E-state index contributed by atoms with van der Waals surface area (Å²) in [5, 5.41) is 3.47. The van der Waals surface area contributed by atoms with Gasteiger partial charge in [-0.3, -0.25) is 14.6 Å². The van der Waals surface area contributed by atoms with Gasteiger partial charge in [-0.15, -0.1) is 0 Å². The number of halogens is 1. The monoisotopic (exact) mass is 471 g/mol. The molecule has 1 N–H and O–H groups in total. The summed E-state index contributed by atoms with van der Waals surface area (Å²) in [5.41, 5.74) is 4.44. The molecule has 4 rings (SSSR count). The van der Waals surface area contributed by atoms with E-state index in [1.165, 1.54) is 6.07 Å². The van der Waals surface area contributed by atoms with Gasteiger partial charge in [0.15, 0.2) is 5.43 Å². The van der Waals surface area contributed by atoms with Crippen LogP contribution in [0.1, 0.15) is 38.4 Å². The highest BCUT2D eigenvalue weighted by molar-refractivity contribution is 6.31. The number of benzene rings is 2. The first-order valence-electron chi connectivity index (χ1n) is 11.2. The molecule has 0 saturated heterocycles. The lowest BCUT2D eigenvalue weighted by molar-refractivity contribution is 0.0947. The maximum atomic E-state index is 13.3. The van der Waals surface area contributed by atoms with Crippen molar-refractivity contribution < 1.29 is 4.79 Å². The number of rotatable bonds is 8. The minimum absolute atomic E-state index is 0.183. The van der Waals surface area contributed by atoms with E-state index in [1.807, 2.05) is 55.5 Å². The molecule has 0 radical (unpaired) electrons. The first-order chi connectivity index (χ1) is 16.5. The topological polar surface area (TPSA) is 64.0 Å². The van der Waals surface area contributed by atoms with Crippen molar-refractivity contribution in [3.63, 3.8) is 0 Å². The molecule has 34 heavy (non-hydrogen) atoms. The second-order valence-electron chi connectivity index (χ2n) is 8.17. The number of carbonyl (C=O) groups is 1. The third kappa shape index (κ3) is 5.61. The standard InChI is InChI=1S/C28H26ClN3O2/c1-20-17-26(33)27(28(34)31-18-23-9-5-6-10-24(23)29)25(12-11-21-7-3-2-4-8-21)32(20)19-22-13-15-30-16-14-22/h2-10,13-17H,11-12,18-19H2,1H3,(H,31,34). The third-order valence-corrected chi connectivity index (χ3v) is 6.20. The highest BCUT2D eigenvalue weighted by Crippen LogP contribution is 2.17. The number of hydrogen-bond donors (Lipinski definition) is 1. The molecule has 0 aliphatic heterocycles. The fourth-order valence-corrected chi connectivity index (χ4v) is 4.24. The average molecular weight is 472 g/mol. The molecular weight excluding hydrogens is 446 g/mol. The lowest BCUT2D eigenvalue weighted by Crippen LogP contribution is -2.33. The van der Waals surface area contributed by atoms with Crippen LogP contribution in [0.25, 0.3) is 0 Å². The Bertz CT molecular complexity index is 1340. The molecule has 1 amide bonds. The number of carbonyl (C=O) groups excluding carboxylic acids is 1. The molecule has 0 atom stereocenters. The van der Waals surface area contributed by atoms with Gasteiger partial charge in [-0.1, -0.05) is 60.1 Å². The van der Waals surface area contributed by atoms with Crippen LogP contribution in [0, 0.1) is 6.92 Å². The van der Waals surface area contributed by atoms with E-state index in [9.17, 15) is 9.59 Å². The van der Waals surface area contributed by atoms with Gasteiger partial charge in [-0.25, -0.2) is 0 Å². The van der Waals surface area contributed by atoms with Gasteiger partial charge >= 0.3 is 0 Å². The van der Waals surface area contributed by atoms with E-state index < -0.39 is 5.91 Å². The summed E-state index contributed by atoms with van der Waals surface area (Å²) >= 11 is 6.25. The lowest BCUT2D eigenvalue weighted by atomic mass is 10.0. The van der Waals surface area contributed by atoms with Gasteiger partial charge < -0.3 is 9.88 Å². The number of aryl methyl sites for hydroxylation is 2. The molecule has 0 unspecified atom stereocenters. The zero-order valence-electron chi connectivity index (χ0n) is 19.0. The van der Waals surface area contributed by atoms with Crippen molar-refractivity contribution in [1.82, 2.24) is 14.9 Å². The Kier molecular flexibility index (Phi) is 7.55. The molecule has 5 nitrogen and oxygen atoms in total. The molecule has 2 aromatic heterocycles. The van der Waals surface area contributed by atoms with Crippen LogP contribution in [-0.4, -0.2) is 15.5 Å². The van der Waals surface area contributed by atoms with Crippen LogP contribution in [0.2, 0.25) is 5.02 Å². The Morgan fingerprint density at radius 3 is 2.38 bits per heavy atom. The summed E-state index contributed by atoms with van der Waals surface area (Å²) in [5.74, 6) is -0.392. The third-order valence-electron chi connectivity index (χ3n) is 5.83. The second-order valence-corrected chi connectivity index (χ2v) is 8.58. The van der Waals surface area contributed by atoms with E-state index in [0.717, 1.165) is 28.1 Å². The van der Waals surface area contributed by atoms with Gasteiger partial charge in [-0.2, -0.15) is 0 Å². The number of amides is 1. The summed E-state index contributed by atoms with van der Waals surface area (Å²) in [7, 11) is 0. The van der Waals surface area contributed by atoms with Crippen LogP contribution in [0.5, 0.6) is 0 Å². The zero-order chi connectivity index (χ0) is 23.9. The summed E-state index contributed by atoms with van der Waals surface area (Å²) < 4.78 is 2.06. The van der Waals surface area contributed by atoms with E-state index in [1.54, 1.807) is 18.5 Å². The minimum atomic E-state index is -0.392. The molecule has 0 bridgehead atoms. The normalized spacial score (nSPS) is 10.8. The lowest BCUT2D eigenvalue weighted by Gasteiger charge is -2.20. The van der Waals surface area contributed by atoms with Crippen LogP contribution in [0.15, 0.2) is 90.0 Å². The predicted octanol–water partition coefficient (Wildman–Crippen LogP) is 4.97. The minimum Gasteiger partial charge on any atom is -0.348 e. The van der Waals surface area contributed by atoms with Gasteiger partial charge in [0.1, 0.15) is 5.56 Å². The van der Waals surface area contributed by atoms with Gasteiger partial charge in [-0.05, 0) is 54.7 Å². The Hall–Kier alpha value is -3.70. The van der Waals surface area contributed by atoms with Crippen LogP contribution in [0.4, 0.5) is 0 Å². The molecule has 4 aromatic rings. The molecule has 0 aliphatic carbocycles. The average Bonchev–Trinajstić information content (AvgIpc) is 2.85. The van der Waals surface area contributed by atoms with E-state index in [4.69, 9.17) is 11.6 Å². The summed E-state index contributed by atoms with van der Waals surface area (Å²) in [6.45, 7) is 2.69. The molecule has 6 heteroatoms. The van der Waals surface area contributed by atoms with Gasteiger partial charge in [0.05, 0.1) is 0 Å². The largest absolute Gasteiger partial charge is 0.348 e. The maximum Gasteiger partial charge on any atom is 0.257 e. The van der Waals surface area contributed by atoms with Gasteiger partial charge in [0, 0.05) is 48.0 Å². The van der Waals surface area contributed by atoms with Crippen molar-refractivity contribution in [2.75, 3.05) is 0 Å². The molecule has 2 heterocycles. The van der Waals surface area contributed by atoms with Crippen molar-refractivity contribution >= 4 is 17.5 Å². The zero-order valence-corrected chi connectivity index (χ0v) is 19.8. The van der Waals surface area contributed by atoms with Crippen LogP contribution in [0.3, 0.4) is 0 Å². The molecule has 0 saturated carbocycles. The van der Waals surface area contributed by atoms with Crippen molar-refractivity contribution in [2.24, 2.45) is 0 Å². The first kappa shape index (κ1) is 23.5. The highest BCUT2D eigenvalue weighted by atomic mass is 35.5. The maximum absolute atomic E-state index is 13.3. The quantitative estimate of drug-likeness (QED) is 0.394. The number of nitrogens with zero attached hydrogens (tertiary/aromatic N) is 2. The van der Waals surface area contributed by atoms with Gasteiger partial charge in [0.2, 0.25) is 0 Å². The van der Waals surface area contributed by atoms with E-state index in [-0.39, 0.29) is 17.5 Å². The van der Waals surface area contributed by atoms with Crippen LogP contribution in [-0.2, 0) is 25.9 Å². The van der Waals surface area contributed by atoms with Gasteiger partial charge in [0.25, 0.3) is 5.91 Å². The molecule has 2 aromatic carbocycles. The van der Waals surface area contributed by atoms with Crippen LogP contribution < -0.4 is 10.7 Å². The highest BCUT2D eigenvalue weighted by Gasteiger charge is 2.20. The Labute approximate surface area is 204 Å². The van der Waals surface area contributed by atoms with Crippen molar-refractivity contribution in [3.8, 4) is 0 Å². The first-order valence-corrected chi connectivity index (χ1v) is 11.6. The summed E-state index contributed by atoms with van der Waals surface area (Å²) in [6, 6.07) is 22.8. The summed E-state index contributed by atoms with van der Waals surface area (Å²) in [6.07, 6.45) is 4.76. The molecule has 0 fully saturated rings. The van der Waals surface area contributed by atoms with E-state index in [0.29, 0.717) is 24.4 Å². The Balaban J connectivity index is 1.71. The number of pyridine rings is 2. The van der Waals surface area contributed by atoms with Crippen molar-refractivity contribution in [3.05, 3.63) is 134 Å². The molecular formula is C28H26ClN3O2. The fourth-order valence-electron chi connectivity index (χ4n) is 4.04. The smallest absolute Gasteiger partial charge is 0.257 e. The molecule has 172 valence electrons. The van der Waals surface area contributed by atoms with Crippen molar-refractivity contribution in [2.45, 2.75) is 32.9 Å². The Morgan fingerprint density at radius 1 is 0.941 bits per heavy atom. The number of hydrogen-bond acceptors (Lipinski definition) is 3. The number of aromatic nitrogens is 2. The fraction of sp³-hybridized carbons (Fsp3) is 0.179. The van der Waals surface area contributed by atoms with Crippen molar-refractivity contribution in [1.29, 1.82) is 0 Å². The molecule has 0 spiro atoms. The summed E-state index contributed by atoms with van der Waals surface area (Å²) in [4.78, 5) is 30.5. The van der Waals surface area contributed by atoms with Crippen LogP contribution >= 0.6 is 11.6 Å². The second kappa shape index (κ2) is 10.9. The SMILES string of the molecule is Cc1cc(=O)c(C(=O)NCc2ccccc2Cl)c(CCc2ccccc2)n1Cc1ccncc1. The predicted molar refractivity (Wildman–Crippen MR) is 135 cm³/mol. The number of nitrogens with one attached hydrogen (secondary N) is 1. The molecule has 0 aliphatic rings. The Morgan fingerprint density at radius 2 is 1.65 bits per heavy atom.